The van der Waals surface area contributed by atoms with Crippen LogP contribution in [-0.2, 0) is 4.79 Å². The number of rotatable bonds is 6. The summed E-state index contributed by atoms with van der Waals surface area (Å²) in [4.78, 5) is 26.2. The van der Waals surface area contributed by atoms with Gasteiger partial charge >= 0.3 is 0 Å². The molecule has 0 saturated carbocycles. The maximum atomic E-state index is 13.7. The summed E-state index contributed by atoms with van der Waals surface area (Å²) >= 11 is 1.17. The Morgan fingerprint density at radius 3 is 2.65 bits per heavy atom. The molecule has 0 aliphatic rings. The van der Waals surface area contributed by atoms with Gasteiger partial charge in [-0.15, -0.1) is 11.3 Å². The fourth-order valence-corrected chi connectivity index (χ4v) is 2.82. The third-order valence-electron chi connectivity index (χ3n) is 3.32. The molecule has 0 radical (unpaired) electrons. The highest BCUT2D eigenvalue weighted by atomic mass is 32.1. The lowest BCUT2D eigenvalue weighted by molar-refractivity contribution is -0.384. The highest BCUT2D eigenvalue weighted by Gasteiger charge is 2.11. The van der Waals surface area contributed by atoms with Gasteiger partial charge < -0.3 is 4.74 Å². The molecule has 0 bridgehead atoms. The molecular formula is C17H12FN3O4S. The standard InChI is InChI=1S/C17H12FN3O4S/c18-14-4-2-1-3-13(14)15-10-26-17(19-15)20-16(22)9-25-12-7-5-11(6-8-12)21(23)24/h1-8,10H,9H2,(H,19,20,22). The van der Waals surface area contributed by atoms with E-state index >= 15 is 0 Å². The summed E-state index contributed by atoms with van der Waals surface area (Å²) in [6.07, 6.45) is 0. The molecule has 3 aromatic rings. The summed E-state index contributed by atoms with van der Waals surface area (Å²) in [6, 6.07) is 11.6. The first kappa shape index (κ1) is 17.5. The normalized spacial score (nSPS) is 10.3. The SMILES string of the molecule is O=C(COc1ccc([N+](=O)[O-])cc1)Nc1nc(-c2ccccc2F)cs1. The largest absolute Gasteiger partial charge is 0.484 e. The van der Waals surface area contributed by atoms with Crippen LogP contribution in [0.3, 0.4) is 0 Å². The zero-order chi connectivity index (χ0) is 18.5. The Kier molecular flexibility index (Phi) is 5.18. The van der Waals surface area contributed by atoms with Crippen molar-refractivity contribution in [1.82, 2.24) is 4.98 Å². The van der Waals surface area contributed by atoms with Crippen molar-refractivity contribution in [2.75, 3.05) is 11.9 Å². The molecule has 26 heavy (non-hydrogen) atoms. The zero-order valence-electron chi connectivity index (χ0n) is 13.2. The van der Waals surface area contributed by atoms with Crippen molar-refractivity contribution in [3.05, 3.63) is 69.8 Å². The lowest BCUT2D eigenvalue weighted by atomic mass is 10.2. The summed E-state index contributed by atoms with van der Waals surface area (Å²) in [5.41, 5.74) is 0.719. The first-order valence-electron chi connectivity index (χ1n) is 7.40. The monoisotopic (exact) mass is 373 g/mol. The van der Waals surface area contributed by atoms with Crippen LogP contribution in [0.25, 0.3) is 11.3 Å². The van der Waals surface area contributed by atoms with E-state index in [1.165, 1.54) is 41.7 Å². The molecule has 0 aliphatic heterocycles. The van der Waals surface area contributed by atoms with Crippen molar-refractivity contribution < 1.29 is 18.8 Å². The van der Waals surface area contributed by atoms with E-state index in [1.54, 1.807) is 23.6 Å². The van der Waals surface area contributed by atoms with Crippen molar-refractivity contribution in [3.8, 4) is 17.0 Å². The quantitative estimate of drug-likeness (QED) is 0.523. The predicted molar refractivity (Wildman–Crippen MR) is 94.7 cm³/mol. The highest BCUT2D eigenvalue weighted by Crippen LogP contribution is 2.26. The number of carbonyl (C=O) groups excluding carboxylic acids is 1. The van der Waals surface area contributed by atoms with E-state index < -0.39 is 16.6 Å². The average Bonchev–Trinajstić information content (AvgIpc) is 3.09. The molecular weight excluding hydrogens is 361 g/mol. The van der Waals surface area contributed by atoms with Crippen molar-refractivity contribution >= 4 is 28.1 Å². The van der Waals surface area contributed by atoms with Crippen LogP contribution in [0.2, 0.25) is 0 Å². The summed E-state index contributed by atoms with van der Waals surface area (Å²) < 4.78 is 19.0. The van der Waals surface area contributed by atoms with Crippen molar-refractivity contribution in [1.29, 1.82) is 0 Å². The van der Waals surface area contributed by atoms with E-state index in [2.05, 4.69) is 10.3 Å². The van der Waals surface area contributed by atoms with Gasteiger partial charge in [-0.3, -0.25) is 20.2 Å². The molecule has 1 N–H and O–H groups in total. The fraction of sp³-hybridized carbons (Fsp3) is 0.0588. The third-order valence-corrected chi connectivity index (χ3v) is 4.08. The number of nitrogens with zero attached hydrogens (tertiary/aromatic N) is 2. The number of ether oxygens (including phenoxy) is 1. The van der Waals surface area contributed by atoms with Crippen LogP contribution in [0.1, 0.15) is 0 Å². The molecule has 2 aromatic carbocycles. The lowest BCUT2D eigenvalue weighted by Crippen LogP contribution is -2.20. The number of carbonyl (C=O) groups is 1. The molecule has 0 saturated heterocycles. The molecule has 9 heteroatoms. The van der Waals surface area contributed by atoms with Crippen molar-refractivity contribution in [2.45, 2.75) is 0 Å². The Morgan fingerprint density at radius 2 is 1.96 bits per heavy atom. The summed E-state index contributed by atoms with van der Waals surface area (Å²) in [6.45, 7) is -0.285. The Balaban J connectivity index is 1.57. The zero-order valence-corrected chi connectivity index (χ0v) is 14.0. The predicted octanol–water partition coefficient (Wildman–Crippen LogP) is 3.87. The number of hydrogen-bond donors (Lipinski definition) is 1. The van der Waals surface area contributed by atoms with Crippen molar-refractivity contribution in [2.24, 2.45) is 0 Å². The fourth-order valence-electron chi connectivity index (χ4n) is 2.09. The number of anilines is 1. The lowest BCUT2D eigenvalue weighted by Gasteiger charge is -2.05. The number of halogens is 1. The molecule has 0 spiro atoms. The van der Waals surface area contributed by atoms with E-state index in [4.69, 9.17) is 4.74 Å². The van der Waals surface area contributed by atoms with Crippen LogP contribution < -0.4 is 10.1 Å². The maximum absolute atomic E-state index is 13.7. The average molecular weight is 373 g/mol. The van der Waals surface area contributed by atoms with Crippen LogP contribution in [0.5, 0.6) is 5.75 Å². The summed E-state index contributed by atoms with van der Waals surface area (Å²) in [5, 5.41) is 15.1. The minimum absolute atomic E-state index is 0.0646. The van der Waals surface area contributed by atoms with Crippen molar-refractivity contribution in [3.63, 3.8) is 0 Å². The van der Waals surface area contributed by atoms with Gasteiger partial charge in [0.15, 0.2) is 11.7 Å². The van der Waals surface area contributed by atoms with E-state index in [-0.39, 0.29) is 12.3 Å². The first-order valence-corrected chi connectivity index (χ1v) is 8.28. The second kappa shape index (κ2) is 7.70. The number of nitro groups is 1. The summed E-state index contributed by atoms with van der Waals surface area (Å²) in [7, 11) is 0. The number of amides is 1. The molecule has 1 heterocycles. The van der Waals surface area contributed by atoms with E-state index in [0.717, 1.165) is 0 Å². The van der Waals surface area contributed by atoms with Crippen LogP contribution in [0, 0.1) is 15.9 Å². The number of benzene rings is 2. The molecule has 1 aromatic heterocycles. The van der Waals surface area contributed by atoms with Gasteiger partial charge in [-0.2, -0.15) is 0 Å². The number of thiazole rings is 1. The Hall–Kier alpha value is -3.33. The molecule has 0 fully saturated rings. The molecule has 0 unspecified atom stereocenters. The smallest absolute Gasteiger partial charge is 0.269 e. The van der Waals surface area contributed by atoms with Gasteiger partial charge in [0.05, 0.1) is 10.6 Å². The number of hydrogen-bond acceptors (Lipinski definition) is 6. The maximum Gasteiger partial charge on any atom is 0.269 e. The number of aromatic nitrogens is 1. The molecule has 7 nitrogen and oxygen atoms in total. The topological polar surface area (TPSA) is 94.4 Å². The Labute approximate surface area is 151 Å². The Bertz CT molecular complexity index is 943. The molecule has 1 amide bonds. The molecule has 3 rings (SSSR count). The third kappa shape index (κ3) is 4.19. The van der Waals surface area contributed by atoms with Gasteiger partial charge in [0.1, 0.15) is 11.6 Å². The van der Waals surface area contributed by atoms with Crippen LogP contribution in [0.15, 0.2) is 53.9 Å². The number of non-ortho nitro benzene ring substituents is 1. The van der Waals surface area contributed by atoms with Gasteiger partial charge in [-0.1, -0.05) is 12.1 Å². The van der Waals surface area contributed by atoms with Gasteiger partial charge in [-0.05, 0) is 24.3 Å². The second-order valence-electron chi connectivity index (χ2n) is 5.11. The number of nitrogens with one attached hydrogen (secondary N) is 1. The van der Waals surface area contributed by atoms with E-state index in [1.807, 2.05) is 0 Å². The minimum atomic E-state index is -0.522. The highest BCUT2D eigenvalue weighted by molar-refractivity contribution is 7.14. The molecule has 132 valence electrons. The van der Waals surface area contributed by atoms with Crippen LogP contribution in [0.4, 0.5) is 15.2 Å². The van der Waals surface area contributed by atoms with E-state index in [0.29, 0.717) is 22.1 Å². The molecule has 0 atom stereocenters. The van der Waals surface area contributed by atoms with E-state index in [9.17, 15) is 19.3 Å². The Morgan fingerprint density at radius 1 is 1.23 bits per heavy atom. The summed E-state index contributed by atoms with van der Waals surface area (Å²) in [5.74, 6) is -0.507. The van der Waals surface area contributed by atoms with Gasteiger partial charge in [-0.25, -0.2) is 9.37 Å². The second-order valence-corrected chi connectivity index (χ2v) is 5.96. The number of nitro benzene ring substituents is 1. The minimum Gasteiger partial charge on any atom is -0.484 e. The van der Waals surface area contributed by atoms with Crippen LogP contribution in [-0.4, -0.2) is 22.4 Å². The first-order chi connectivity index (χ1) is 12.5. The van der Waals surface area contributed by atoms with Gasteiger partial charge in [0.2, 0.25) is 0 Å². The van der Waals surface area contributed by atoms with Gasteiger partial charge in [0.25, 0.3) is 11.6 Å². The molecule has 0 aliphatic carbocycles. The van der Waals surface area contributed by atoms with Gasteiger partial charge in [0, 0.05) is 23.1 Å². The van der Waals surface area contributed by atoms with Crippen LogP contribution >= 0.6 is 11.3 Å².